The lowest BCUT2D eigenvalue weighted by atomic mass is 10.1. The van der Waals surface area contributed by atoms with E-state index in [4.69, 9.17) is 0 Å². The lowest BCUT2D eigenvalue weighted by Crippen LogP contribution is -2.17. The minimum Gasteiger partial charge on any atom is -0.469 e. The largest absolute Gasteiger partial charge is 0.469 e. The molecule has 0 aliphatic heterocycles. The molecule has 0 aliphatic carbocycles. The summed E-state index contributed by atoms with van der Waals surface area (Å²) in [5.41, 5.74) is -3.90. The Hall–Kier alpha value is -1.80. The van der Waals surface area contributed by atoms with E-state index in [9.17, 15) is 31.1 Å². The molecule has 0 unspecified atom stereocenters. The summed E-state index contributed by atoms with van der Waals surface area (Å²) >= 11 is 0. The van der Waals surface area contributed by atoms with Crippen LogP contribution in [0.5, 0.6) is 0 Å². The van der Waals surface area contributed by atoms with E-state index in [0.29, 0.717) is 6.20 Å². The van der Waals surface area contributed by atoms with Gasteiger partial charge in [0.2, 0.25) is 0 Å². The molecule has 0 amide bonds. The van der Waals surface area contributed by atoms with Crippen molar-refractivity contribution in [3.8, 4) is 0 Å². The Morgan fingerprint density at radius 1 is 1.21 bits per heavy atom. The zero-order valence-electron chi connectivity index (χ0n) is 9.39. The molecule has 0 radical (unpaired) electrons. The minimum atomic E-state index is -5.02. The molecule has 0 N–H and O–H groups in total. The van der Waals surface area contributed by atoms with Crippen LogP contribution >= 0.6 is 0 Å². The normalized spacial score (nSPS) is 12.4. The van der Waals surface area contributed by atoms with Crippen LogP contribution in [0.15, 0.2) is 12.3 Å². The number of rotatable bonds is 2. The van der Waals surface area contributed by atoms with Crippen molar-refractivity contribution in [2.24, 2.45) is 0 Å². The van der Waals surface area contributed by atoms with Crippen LogP contribution in [-0.4, -0.2) is 18.1 Å². The molecule has 1 heterocycles. The number of carbonyl (C=O) groups is 1. The second-order valence-corrected chi connectivity index (χ2v) is 3.48. The molecule has 0 aromatic carbocycles. The molecule has 0 bridgehead atoms. The van der Waals surface area contributed by atoms with E-state index in [0.717, 1.165) is 7.11 Å². The smallest absolute Gasteiger partial charge is 0.433 e. The third kappa shape index (κ3) is 3.83. The van der Waals surface area contributed by atoms with Crippen molar-refractivity contribution in [1.82, 2.24) is 4.98 Å². The van der Waals surface area contributed by atoms with Crippen molar-refractivity contribution in [1.29, 1.82) is 0 Å². The van der Waals surface area contributed by atoms with E-state index in [1.807, 2.05) is 0 Å². The Bertz CT molecular complexity index is 480. The SMILES string of the molecule is COC(=O)Cc1cnc(C(F)(F)F)cc1C(F)(F)F. The second-order valence-electron chi connectivity index (χ2n) is 3.48. The van der Waals surface area contributed by atoms with Gasteiger partial charge in [-0.25, -0.2) is 0 Å². The van der Waals surface area contributed by atoms with Crippen molar-refractivity contribution in [2.75, 3.05) is 7.11 Å². The Morgan fingerprint density at radius 2 is 1.79 bits per heavy atom. The number of pyridine rings is 1. The fourth-order valence-electron chi connectivity index (χ4n) is 1.27. The number of methoxy groups -OCH3 is 1. The number of esters is 1. The highest BCUT2D eigenvalue weighted by atomic mass is 19.4. The van der Waals surface area contributed by atoms with Crippen LogP contribution in [0.4, 0.5) is 26.3 Å². The summed E-state index contributed by atoms with van der Waals surface area (Å²) in [6.45, 7) is 0. The van der Waals surface area contributed by atoms with Gasteiger partial charge >= 0.3 is 18.3 Å². The molecule has 1 rings (SSSR count). The topological polar surface area (TPSA) is 39.2 Å². The summed E-state index contributed by atoms with van der Waals surface area (Å²) in [7, 11) is 0.951. The van der Waals surface area contributed by atoms with Gasteiger partial charge in [-0.05, 0) is 11.6 Å². The summed E-state index contributed by atoms with van der Waals surface area (Å²) in [4.78, 5) is 13.8. The van der Waals surface area contributed by atoms with Crippen molar-refractivity contribution in [2.45, 2.75) is 18.8 Å². The summed E-state index contributed by atoms with van der Waals surface area (Å²) in [5, 5.41) is 0. The van der Waals surface area contributed by atoms with Crippen molar-refractivity contribution < 1.29 is 35.9 Å². The maximum Gasteiger partial charge on any atom is 0.433 e. The van der Waals surface area contributed by atoms with E-state index >= 15 is 0 Å². The highest BCUT2D eigenvalue weighted by Gasteiger charge is 2.39. The fourth-order valence-corrected chi connectivity index (χ4v) is 1.27. The highest BCUT2D eigenvalue weighted by Crippen LogP contribution is 2.36. The molecule has 0 spiro atoms. The van der Waals surface area contributed by atoms with Gasteiger partial charge in [0, 0.05) is 6.20 Å². The van der Waals surface area contributed by atoms with E-state index < -0.39 is 41.6 Å². The molecular weight excluding hydrogens is 280 g/mol. The number of ether oxygens (including phenoxy) is 1. The summed E-state index contributed by atoms with van der Waals surface area (Å²) in [5.74, 6) is -1.01. The Morgan fingerprint density at radius 3 is 2.21 bits per heavy atom. The third-order valence-corrected chi connectivity index (χ3v) is 2.14. The number of hydrogen-bond donors (Lipinski definition) is 0. The standard InChI is InChI=1S/C10H7F6NO2/c1-19-8(18)2-5-4-17-7(10(14,15)16)3-6(5)9(11,12)13/h3-4H,2H2,1H3. The molecule has 0 fully saturated rings. The zero-order chi connectivity index (χ0) is 14.8. The maximum absolute atomic E-state index is 12.6. The van der Waals surface area contributed by atoms with Gasteiger partial charge in [-0.1, -0.05) is 0 Å². The van der Waals surface area contributed by atoms with Crippen LogP contribution in [0, 0.1) is 0 Å². The molecule has 1 aromatic rings. The average Bonchev–Trinajstić information content (AvgIpc) is 2.26. The summed E-state index contributed by atoms with van der Waals surface area (Å²) < 4.78 is 78.9. The van der Waals surface area contributed by atoms with Crippen LogP contribution < -0.4 is 0 Å². The first kappa shape index (κ1) is 15.3. The van der Waals surface area contributed by atoms with Gasteiger partial charge in [0.25, 0.3) is 0 Å². The van der Waals surface area contributed by atoms with Gasteiger partial charge in [-0.3, -0.25) is 9.78 Å². The van der Waals surface area contributed by atoms with Gasteiger partial charge in [-0.15, -0.1) is 0 Å². The molecule has 3 nitrogen and oxygen atoms in total. The van der Waals surface area contributed by atoms with Gasteiger partial charge in [-0.2, -0.15) is 26.3 Å². The van der Waals surface area contributed by atoms with Gasteiger partial charge in [0.1, 0.15) is 5.69 Å². The van der Waals surface area contributed by atoms with Crippen LogP contribution in [0.2, 0.25) is 0 Å². The Balaban J connectivity index is 3.29. The predicted octanol–water partition coefficient (Wildman–Crippen LogP) is 2.83. The monoisotopic (exact) mass is 287 g/mol. The summed E-state index contributed by atoms with van der Waals surface area (Å²) in [6.07, 6.45) is -10.4. The quantitative estimate of drug-likeness (QED) is 0.620. The number of carbonyl (C=O) groups excluding carboxylic acids is 1. The molecule has 1 aromatic heterocycles. The first-order valence-electron chi connectivity index (χ1n) is 4.76. The van der Waals surface area contributed by atoms with E-state index in [1.54, 1.807) is 0 Å². The van der Waals surface area contributed by atoms with Crippen LogP contribution in [0.3, 0.4) is 0 Å². The molecule has 9 heteroatoms. The molecule has 106 valence electrons. The van der Waals surface area contributed by atoms with E-state index in [2.05, 4.69) is 9.72 Å². The second kappa shape index (κ2) is 5.06. The molecule has 0 saturated carbocycles. The van der Waals surface area contributed by atoms with Crippen molar-refractivity contribution in [3.63, 3.8) is 0 Å². The van der Waals surface area contributed by atoms with E-state index in [1.165, 1.54) is 0 Å². The lowest BCUT2D eigenvalue weighted by Gasteiger charge is -2.14. The first-order chi connectivity index (χ1) is 8.55. The fraction of sp³-hybridized carbons (Fsp3) is 0.400. The van der Waals surface area contributed by atoms with Gasteiger partial charge in [0.15, 0.2) is 0 Å². The molecule has 19 heavy (non-hydrogen) atoms. The van der Waals surface area contributed by atoms with Crippen molar-refractivity contribution >= 4 is 5.97 Å². The summed E-state index contributed by atoms with van der Waals surface area (Å²) in [6, 6.07) is -0.127. The van der Waals surface area contributed by atoms with Crippen LogP contribution in [0.25, 0.3) is 0 Å². The number of alkyl halides is 6. The van der Waals surface area contributed by atoms with Crippen LogP contribution in [0.1, 0.15) is 16.8 Å². The number of hydrogen-bond acceptors (Lipinski definition) is 3. The molecular formula is C10H7F6NO2. The van der Waals surface area contributed by atoms with Crippen LogP contribution in [-0.2, 0) is 28.3 Å². The number of aromatic nitrogens is 1. The molecule has 0 saturated heterocycles. The third-order valence-electron chi connectivity index (χ3n) is 2.14. The maximum atomic E-state index is 12.6. The lowest BCUT2D eigenvalue weighted by molar-refractivity contribution is -0.146. The molecule has 0 aliphatic rings. The van der Waals surface area contributed by atoms with E-state index in [-0.39, 0.29) is 6.07 Å². The van der Waals surface area contributed by atoms with Crippen molar-refractivity contribution in [3.05, 3.63) is 29.1 Å². The Kier molecular flexibility index (Phi) is 4.06. The predicted molar refractivity (Wildman–Crippen MR) is 50.0 cm³/mol. The Labute approximate surface area is 103 Å². The van der Waals surface area contributed by atoms with Gasteiger partial charge < -0.3 is 4.74 Å². The first-order valence-corrected chi connectivity index (χ1v) is 4.76. The van der Waals surface area contributed by atoms with Gasteiger partial charge in [0.05, 0.1) is 19.1 Å². The highest BCUT2D eigenvalue weighted by molar-refractivity contribution is 5.72. The molecule has 0 atom stereocenters. The number of nitrogens with zero attached hydrogens (tertiary/aromatic N) is 1. The number of halogens is 6. The zero-order valence-corrected chi connectivity index (χ0v) is 9.39. The average molecular weight is 287 g/mol. The minimum absolute atomic E-state index is 0.127.